The fourth-order valence-corrected chi connectivity index (χ4v) is 3.50. The van der Waals surface area contributed by atoms with E-state index in [4.69, 9.17) is 0 Å². The summed E-state index contributed by atoms with van der Waals surface area (Å²) in [6.07, 6.45) is 3.29. The summed E-state index contributed by atoms with van der Waals surface area (Å²) >= 11 is 0. The van der Waals surface area contributed by atoms with Crippen LogP contribution in [0, 0.1) is 6.92 Å². The Morgan fingerprint density at radius 2 is 1.88 bits per heavy atom. The first kappa shape index (κ1) is 16.4. The maximum atomic E-state index is 12.5. The van der Waals surface area contributed by atoms with Gasteiger partial charge in [-0.1, -0.05) is 0 Å². The Balaban J connectivity index is 1.39. The van der Waals surface area contributed by atoms with Gasteiger partial charge in [0.25, 0.3) is 11.5 Å². The van der Waals surface area contributed by atoms with Crippen molar-refractivity contribution in [3.8, 4) is 0 Å². The minimum atomic E-state index is -0.107. The average molecular weight is 352 g/mol. The van der Waals surface area contributed by atoms with Gasteiger partial charge in [-0.3, -0.25) is 9.59 Å². The van der Waals surface area contributed by atoms with Crippen molar-refractivity contribution in [2.24, 2.45) is 0 Å². The number of rotatable bonds is 3. The minimum absolute atomic E-state index is 0.0657. The Morgan fingerprint density at radius 1 is 1.12 bits per heavy atom. The number of fused-ring (bicyclic) bond motifs is 1. The standard InChI is InChI=1S/C18H20N6O2/c1-11-2-9-17(25)24(22-11)14-6-4-13(5-7-14)19-18(26)12-3-8-15-16(10-12)21-23-20-15/h2-3,8-10,13-14H,4-7H2,1H3,(H,19,26)(H,20,21,23). The lowest BCUT2D eigenvalue weighted by Crippen LogP contribution is -2.39. The van der Waals surface area contributed by atoms with Crippen LogP contribution in [0.15, 0.2) is 35.1 Å². The molecule has 2 heterocycles. The molecule has 1 aliphatic carbocycles. The number of amides is 1. The molecular formula is C18H20N6O2. The predicted octanol–water partition coefficient (Wildman–Crippen LogP) is 1.74. The van der Waals surface area contributed by atoms with E-state index in [2.05, 4.69) is 25.8 Å². The number of nitrogens with one attached hydrogen (secondary N) is 2. The highest BCUT2D eigenvalue weighted by atomic mass is 16.1. The van der Waals surface area contributed by atoms with E-state index in [9.17, 15) is 9.59 Å². The third-order valence-electron chi connectivity index (χ3n) is 4.91. The summed E-state index contributed by atoms with van der Waals surface area (Å²) in [6, 6.07) is 8.76. The lowest BCUT2D eigenvalue weighted by molar-refractivity contribution is 0.0921. The average Bonchev–Trinajstić information content (AvgIpc) is 3.12. The molecule has 8 heteroatoms. The Kier molecular flexibility index (Phi) is 4.24. The van der Waals surface area contributed by atoms with Crippen molar-refractivity contribution >= 4 is 16.9 Å². The van der Waals surface area contributed by atoms with Gasteiger partial charge < -0.3 is 5.32 Å². The summed E-state index contributed by atoms with van der Waals surface area (Å²) in [5.74, 6) is -0.107. The summed E-state index contributed by atoms with van der Waals surface area (Å²) in [5.41, 5.74) is 2.75. The molecule has 3 aromatic rings. The molecule has 26 heavy (non-hydrogen) atoms. The highest BCUT2D eigenvalue weighted by molar-refractivity contribution is 5.97. The number of carbonyl (C=O) groups is 1. The summed E-state index contributed by atoms with van der Waals surface area (Å²) < 4.78 is 1.59. The summed E-state index contributed by atoms with van der Waals surface area (Å²) in [4.78, 5) is 24.5. The number of aromatic amines is 1. The molecule has 1 aromatic carbocycles. The van der Waals surface area contributed by atoms with Gasteiger partial charge in [0, 0.05) is 17.7 Å². The normalized spacial score (nSPS) is 20.2. The van der Waals surface area contributed by atoms with E-state index in [0.29, 0.717) is 11.1 Å². The van der Waals surface area contributed by atoms with Crippen molar-refractivity contribution < 1.29 is 4.79 Å². The van der Waals surface area contributed by atoms with Gasteiger partial charge in [-0.15, -0.1) is 0 Å². The van der Waals surface area contributed by atoms with Gasteiger partial charge >= 0.3 is 0 Å². The van der Waals surface area contributed by atoms with Crippen LogP contribution in [0.5, 0.6) is 0 Å². The van der Waals surface area contributed by atoms with Crippen molar-refractivity contribution in [1.82, 2.24) is 30.5 Å². The number of hydrogen-bond acceptors (Lipinski definition) is 5. The van der Waals surface area contributed by atoms with E-state index < -0.39 is 0 Å². The molecule has 0 atom stereocenters. The molecule has 1 fully saturated rings. The number of nitrogens with zero attached hydrogens (tertiary/aromatic N) is 4. The highest BCUT2D eigenvalue weighted by Gasteiger charge is 2.25. The number of carbonyl (C=O) groups excluding carboxylic acids is 1. The molecule has 134 valence electrons. The van der Waals surface area contributed by atoms with E-state index in [0.717, 1.165) is 36.9 Å². The first-order valence-electron chi connectivity index (χ1n) is 8.78. The van der Waals surface area contributed by atoms with Crippen LogP contribution in [0.4, 0.5) is 0 Å². The molecule has 2 aromatic heterocycles. The number of benzene rings is 1. The van der Waals surface area contributed by atoms with Gasteiger partial charge in [-0.25, -0.2) is 4.68 Å². The summed E-state index contributed by atoms with van der Waals surface area (Å²) in [7, 11) is 0. The van der Waals surface area contributed by atoms with Gasteiger partial charge in [-0.05, 0) is 56.9 Å². The molecule has 0 unspecified atom stereocenters. The number of H-pyrrole nitrogens is 1. The van der Waals surface area contributed by atoms with Crippen LogP contribution in [-0.4, -0.2) is 37.1 Å². The van der Waals surface area contributed by atoms with E-state index in [-0.39, 0.29) is 23.6 Å². The van der Waals surface area contributed by atoms with Crippen LogP contribution in [-0.2, 0) is 0 Å². The second-order valence-corrected chi connectivity index (χ2v) is 6.76. The van der Waals surface area contributed by atoms with Crippen LogP contribution < -0.4 is 10.9 Å². The third kappa shape index (κ3) is 3.22. The number of hydrogen-bond donors (Lipinski definition) is 2. The smallest absolute Gasteiger partial charge is 0.267 e. The molecule has 1 amide bonds. The minimum Gasteiger partial charge on any atom is -0.349 e. The van der Waals surface area contributed by atoms with Crippen LogP contribution in [0.1, 0.15) is 47.8 Å². The Morgan fingerprint density at radius 3 is 2.69 bits per heavy atom. The molecule has 1 aliphatic rings. The zero-order chi connectivity index (χ0) is 18.1. The number of aromatic nitrogens is 5. The quantitative estimate of drug-likeness (QED) is 0.747. The first-order valence-corrected chi connectivity index (χ1v) is 8.78. The van der Waals surface area contributed by atoms with E-state index >= 15 is 0 Å². The van der Waals surface area contributed by atoms with Crippen molar-refractivity contribution in [3.05, 3.63) is 51.9 Å². The van der Waals surface area contributed by atoms with Gasteiger partial charge in [0.15, 0.2) is 0 Å². The molecule has 0 radical (unpaired) electrons. The topological polar surface area (TPSA) is 106 Å². The monoisotopic (exact) mass is 352 g/mol. The fourth-order valence-electron chi connectivity index (χ4n) is 3.50. The lowest BCUT2D eigenvalue weighted by Gasteiger charge is -2.29. The largest absolute Gasteiger partial charge is 0.349 e. The molecule has 0 spiro atoms. The SMILES string of the molecule is Cc1ccc(=O)n(C2CCC(NC(=O)c3ccc4n[nH]nc4c3)CC2)n1. The van der Waals surface area contributed by atoms with Crippen LogP contribution >= 0.6 is 0 Å². The van der Waals surface area contributed by atoms with Crippen molar-refractivity contribution in [2.45, 2.75) is 44.7 Å². The van der Waals surface area contributed by atoms with E-state index in [1.165, 1.54) is 0 Å². The van der Waals surface area contributed by atoms with Gasteiger partial charge in [-0.2, -0.15) is 20.5 Å². The Labute approximate surface area is 149 Å². The molecule has 8 nitrogen and oxygen atoms in total. The van der Waals surface area contributed by atoms with Crippen LogP contribution in [0.3, 0.4) is 0 Å². The van der Waals surface area contributed by atoms with Gasteiger partial charge in [0.1, 0.15) is 11.0 Å². The van der Waals surface area contributed by atoms with Gasteiger partial charge in [0.05, 0.1) is 11.7 Å². The molecule has 1 saturated carbocycles. The number of aryl methyl sites for hydroxylation is 1. The third-order valence-corrected chi connectivity index (χ3v) is 4.91. The molecule has 4 rings (SSSR count). The summed E-state index contributed by atoms with van der Waals surface area (Å²) in [6.45, 7) is 1.88. The fraction of sp³-hybridized carbons (Fsp3) is 0.389. The van der Waals surface area contributed by atoms with Crippen molar-refractivity contribution in [2.75, 3.05) is 0 Å². The zero-order valence-corrected chi connectivity index (χ0v) is 14.5. The Hall–Kier alpha value is -3.03. The maximum absolute atomic E-state index is 12.5. The first-order chi connectivity index (χ1) is 12.6. The molecule has 2 N–H and O–H groups in total. The van der Waals surface area contributed by atoms with E-state index in [1.54, 1.807) is 35.0 Å². The molecule has 0 bridgehead atoms. The highest BCUT2D eigenvalue weighted by Crippen LogP contribution is 2.27. The van der Waals surface area contributed by atoms with E-state index in [1.807, 2.05) is 6.92 Å². The van der Waals surface area contributed by atoms with Crippen LogP contribution in [0.25, 0.3) is 11.0 Å². The predicted molar refractivity (Wildman–Crippen MR) is 95.9 cm³/mol. The second-order valence-electron chi connectivity index (χ2n) is 6.76. The molecule has 0 saturated heterocycles. The summed E-state index contributed by atoms with van der Waals surface area (Å²) in [5, 5.41) is 18.0. The molecular weight excluding hydrogens is 332 g/mol. The van der Waals surface area contributed by atoms with Gasteiger partial charge in [0.2, 0.25) is 0 Å². The van der Waals surface area contributed by atoms with Crippen molar-refractivity contribution in [3.63, 3.8) is 0 Å². The molecule has 0 aliphatic heterocycles. The lowest BCUT2D eigenvalue weighted by atomic mass is 9.91. The van der Waals surface area contributed by atoms with Crippen LogP contribution in [0.2, 0.25) is 0 Å². The maximum Gasteiger partial charge on any atom is 0.267 e. The Bertz CT molecular complexity index is 1000. The zero-order valence-electron chi connectivity index (χ0n) is 14.5. The second kappa shape index (κ2) is 6.70. The van der Waals surface area contributed by atoms with Crippen molar-refractivity contribution in [1.29, 1.82) is 0 Å².